The van der Waals surface area contributed by atoms with Gasteiger partial charge in [-0.05, 0) is 33.2 Å². The van der Waals surface area contributed by atoms with E-state index >= 15 is 0 Å². The van der Waals surface area contributed by atoms with Crippen molar-refractivity contribution in [3.63, 3.8) is 0 Å². The molecule has 0 bridgehead atoms. The Bertz CT molecular complexity index is 192. The van der Waals surface area contributed by atoms with E-state index in [2.05, 4.69) is 32.6 Å². The molecule has 3 nitrogen and oxygen atoms in total. The second-order valence-electron chi connectivity index (χ2n) is 4.70. The molecule has 3 heteroatoms. The maximum atomic E-state index is 10.8. The lowest BCUT2D eigenvalue weighted by atomic mass is 10.1. The van der Waals surface area contributed by atoms with Crippen molar-refractivity contribution in [1.29, 1.82) is 0 Å². The third kappa shape index (κ3) is 6.11. The second-order valence-corrected chi connectivity index (χ2v) is 4.70. The number of carboxylic acids is 1. The molecule has 0 aromatic heterocycles. The summed E-state index contributed by atoms with van der Waals surface area (Å²) in [5, 5.41) is 8.89. The van der Waals surface area contributed by atoms with Gasteiger partial charge in [0.15, 0.2) is 0 Å². The highest BCUT2D eigenvalue weighted by Crippen LogP contribution is 2.14. The van der Waals surface area contributed by atoms with E-state index in [1.54, 1.807) is 0 Å². The predicted molar refractivity (Wildman–Crippen MR) is 67.7 cm³/mol. The molecule has 0 aliphatic carbocycles. The van der Waals surface area contributed by atoms with E-state index in [0.717, 1.165) is 13.0 Å². The largest absolute Gasteiger partial charge is 0.481 e. The molecule has 0 saturated carbocycles. The van der Waals surface area contributed by atoms with Crippen LogP contribution < -0.4 is 0 Å². The Kier molecular flexibility index (Phi) is 8.26. The number of unbranched alkanes of at least 4 members (excludes halogenated alkanes) is 2. The summed E-state index contributed by atoms with van der Waals surface area (Å²) in [6.45, 7) is 9.58. The summed E-state index contributed by atoms with van der Waals surface area (Å²) in [7, 11) is 0. The summed E-state index contributed by atoms with van der Waals surface area (Å²) in [5.41, 5.74) is 0. The molecule has 1 unspecified atom stereocenters. The van der Waals surface area contributed by atoms with E-state index in [1.807, 2.05) is 0 Å². The average molecular weight is 229 g/mol. The van der Waals surface area contributed by atoms with Crippen molar-refractivity contribution in [2.45, 2.75) is 71.9 Å². The minimum Gasteiger partial charge on any atom is -0.481 e. The van der Waals surface area contributed by atoms with Crippen molar-refractivity contribution >= 4 is 5.97 Å². The maximum absolute atomic E-state index is 10.8. The van der Waals surface area contributed by atoms with Crippen LogP contribution in [0.25, 0.3) is 0 Å². The Morgan fingerprint density at radius 3 is 2.25 bits per heavy atom. The van der Waals surface area contributed by atoms with Gasteiger partial charge in [-0.2, -0.15) is 0 Å². The second kappa shape index (κ2) is 8.57. The molecule has 0 fully saturated rings. The first-order valence-electron chi connectivity index (χ1n) is 6.50. The van der Waals surface area contributed by atoms with Gasteiger partial charge in [0.25, 0.3) is 0 Å². The molecular weight excluding hydrogens is 202 g/mol. The summed E-state index contributed by atoms with van der Waals surface area (Å²) < 4.78 is 0. The molecule has 0 spiro atoms. The van der Waals surface area contributed by atoms with Crippen LogP contribution in [0.1, 0.15) is 59.8 Å². The number of hydrogen-bond acceptors (Lipinski definition) is 2. The monoisotopic (exact) mass is 229 g/mol. The Morgan fingerprint density at radius 2 is 1.88 bits per heavy atom. The Balaban J connectivity index is 4.28. The fraction of sp³-hybridized carbons (Fsp3) is 0.923. The zero-order valence-corrected chi connectivity index (χ0v) is 11.2. The third-order valence-corrected chi connectivity index (χ3v) is 3.03. The normalized spacial score (nSPS) is 13.4. The van der Waals surface area contributed by atoms with Crippen LogP contribution in [-0.2, 0) is 4.79 Å². The first kappa shape index (κ1) is 15.4. The fourth-order valence-corrected chi connectivity index (χ4v) is 2.10. The molecular formula is C13H27NO2. The summed E-state index contributed by atoms with van der Waals surface area (Å²) in [6, 6.07) is 0.621. The minimum atomic E-state index is -0.687. The Labute approximate surface area is 99.8 Å². The number of carboxylic acid groups (broad SMARTS) is 1. The number of hydrogen-bond donors (Lipinski definition) is 1. The van der Waals surface area contributed by atoms with Crippen molar-refractivity contribution in [2.24, 2.45) is 0 Å². The summed E-state index contributed by atoms with van der Waals surface area (Å²) in [4.78, 5) is 13.1. The van der Waals surface area contributed by atoms with Crippen LogP contribution >= 0.6 is 0 Å². The van der Waals surface area contributed by atoms with Crippen molar-refractivity contribution in [1.82, 2.24) is 4.90 Å². The van der Waals surface area contributed by atoms with Gasteiger partial charge < -0.3 is 5.11 Å². The SMILES string of the molecule is CCCCCN(C(C)C)C(CC)CC(=O)O. The topological polar surface area (TPSA) is 40.5 Å². The Morgan fingerprint density at radius 1 is 1.25 bits per heavy atom. The zero-order valence-electron chi connectivity index (χ0n) is 11.2. The molecule has 0 radical (unpaired) electrons. The molecule has 0 amide bonds. The van der Waals surface area contributed by atoms with E-state index < -0.39 is 5.97 Å². The molecule has 0 saturated heterocycles. The quantitative estimate of drug-likeness (QED) is 0.617. The molecule has 1 atom stereocenters. The molecule has 96 valence electrons. The molecule has 0 aliphatic rings. The van der Waals surface area contributed by atoms with E-state index in [1.165, 1.54) is 19.3 Å². The molecule has 16 heavy (non-hydrogen) atoms. The van der Waals surface area contributed by atoms with Crippen molar-refractivity contribution in [3.8, 4) is 0 Å². The van der Waals surface area contributed by atoms with Gasteiger partial charge in [-0.15, -0.1) is 0 Å². The summed E-state index contributed by atoms with van der Waals surface area (Å²) in [5.74, 6) is -0.687. The standard InChI is InChI=1S/C13H27NO2/c1-5-7-8-9-14(11(3)4)12(6-2)10-13(15)16/h11-12H,5-10H2,1-4H3,(H,15,16). The van der Waals surface area contributed by atoms with E-state index in [0.29, 0.717) is 6.04 Å². The van der Waals surface area contributed by atoms with E-state index in [-0.39, 0.29) is 12.5 Å². The zero-order chi connectivity index (χ0) is 12.6. The lowest BCUT2D eigenvalue weighted by Crippen LogP contribution is -2.42. The molecule has 0 aromatic rings. The van der Waals surface area contributed by atoms with Gasteiger partial charge in [-0.25, -0.2) is 0 Å². The van der Waals surface area contributed by atoms with Crippen LogP contribution in [0.3, 0.4) is 0 Å². The molecule has 0 heterocycles. The third-order valence-electron chi connectivity index (χ3n) is 3.03. The van der Waals surface area contributed by atoms with Crippen LogP contribution in [0.2, 0.25) is 0 Å². The van der Waals surface area contributed by atoms with Gasteiger partial charge in [0.05, 0.1) is 6.42 Å². The lowest BCUT2D eigenvalue weighted by molar-refractivity contribution is -0.138. The molecule has 0 aromatic carbocycles. The van der Waals surface area contributed by atoms with Crippen LogP contribution in [0.5, 0.6) is 0 Å². The van der Waals surface area contributed by atoms with Crippen LogP contribution in [-0.4, -0.2) is 34.6 Å². The average Bonchev–Trinajstić information content (AvgIpc) is 2.21. The summed E-state index contributed by atoms with van der Waals surface area (Å²) in [6.07, 6.45) is 4.79. The highest BCUT2D eigenvalue weighted by Gasteiger charge is 2.21. The highest BCUT2D eigenvalue weighted by molar-refractivity contribution is 5.67. The number of carbonyl (C=O) groups is 1. The minimum absolute atomic E-state index is 0.189. The van der Waals surface area contributed by atoms with Gasteiger partial charge in [0.2, 0.25) is 0 Å². The predicted octanol–water partition coefficient (Wildman–Crippen LogP) is 3.14. The van der Waals surface area contributed by atoms with E-state index in [9.17, 15) is 4.79 Å². The van der Waals surface area contributed by atoms with Gasteiger partial charge in [-0.1, -0.05) is 26.7 Å². The van der Waals surface area contributed by atoms with Crippen LogP contribution in [0.15, 0.2) is 0 Å². The maximum Gasteiger partial charge on any atom is 0.304 e. The van der Waals surface area contributed by atoms with Gasteiger partial charge in [-0.3, -0.25) is 9.69 Å². The molecule has 0 rings (SSSR count). The summed E-state index contributed by atoms with van der Waals surface area (Å²) >= 11 is 0. The number of rotatable bonds is 9. The molecule has 0 aliphatic heterocycles. The van der Waals surface area contributed by atoms with Crippen molar-refractivity contribution < 1.29 is 9.90 Å². The highest BCUT2D eigenvalue weighted by atomic mass is 16.4. The van der Waals surface area contributed by atoms with Gasteiger partial charge in [0.1, 0.15) is 0 Å². The van der Waals surface area contributed by atoms with Crippen LogP contribution in [0, 0.1) is 0 Å². The van der Waals surface area contributed by atoms with Gasteiger partial charge >= 0.3 is 5.97 Å². The first-order chi connectivity index (χ1) is 7.52. The molecule has 1 N–H and O–H groups in total. The fourth-order valence-electron chi connectivity index (χ4n) is 2.10. The smallest absolute Gasteiger partial charge is 0.304 e. The lowest BCUT2D eigenvalue weighted by Gasteiger charge is -2.33. The van der Waals surface area contributed by atoms with Crippen molar-refractivity contribution in [2.75, 3.05) is 6.54 Å². The van der Waals surface area contributed by atoms with E-state index in [4.69, 9.17) is 5.11 Å². The number of aliphatic carboxylic acids is 1. The van der Waals surface area contributed by atoms with Crippen molar-refractivity contribution in [3.05, 3.63) is 0 Å². The number of nitrogens with zero attached hydrogens (tertiary/aromatic N) is 1. The van der Waals surface area contributed by atoms with Gasteiger partial charge in [0, 0.05) is 12.1 Å². The Hall–Kier alpha value is -0.570. The van der Waals surface area contributed by atoms with Crippen LogP contribution in [0.4, 0.5) is 0 Å². The first-order valence-corrected chi connectivity index (χ1v) is 6.50.